The quantitative estimate of drug-likeness (QED) is 0.488. The molecular formula is C11H14ClN3OS. The van der Waals surface area contributed by atoms with Gasteiger partial charge in [-0.25, -0.2) is 0 Å². The van der Waals surface area contributed by atoms with Gasteiger partial charge in [-0.05, 0) is 24.4 Å². The fraction of sp³-hybridized carbons (Fsp3) is 0.364. The minimum Gasteiger partial charge on any atom is -0.376 e. The summed E-state index contributed by atoms with van der Waals surface area (Å²) in [6.45, 7) is 1.94. The van der Waals surface area contributed by atoms with E-state index in [-0.39, 0.29) is 10.6 Å². The summed E-state index contributed by atoms with van der Waals surface area (Å²) in [4.78, 5) is 2.08. The summed E-state index contributed by atoms with van der Waals surface area (Å²) in [6.07, 6.45) is 0. The maximum atomic E-state index is 6.23. The maximum absolute atomic E-state index is 6.23. The minimum atomic E-state index is -0.168. The van der Waals surface area contributed by atoms with Gasteiger partial charge in [0.15, 0.2) is 5.11 Å². The Bertz CT molecular complexity index is 415. The first-order chi connectivity index (χ1) is 8.18. The smallest absolute Gasteiger partial charge is 0.168 e. The number of ether oxygens (including phenoxy) is 1. The highest BCUT2D eigenvalue weighted by Crippen LogP contribution is 2.29. The Morgan fingerprint density at radius 3 is 3.00 bits per heavy atom. The fourth-order valence-corrected chi connectivity index (χ4v) is 2.21. The van der Waals surface area contributed by atoms with Crippen LogP contribution in [0.25, 0.3) is 0 Å². The van der Waals surface area contributed by atoms with E-state index in [4.69, 9.17) is 34.3 Å². The van der Waals surface area contributed by atoms with Crippen LogP contribution < -0.4 is 16.0 Å². The summed E-state index contributed by atoms with van der Waals surface area (Å²) in [7, 11) is 0. The van der Waals surface area contributed by atoms with E-state index in [1.807, 2.05) is 24.3 Å². The van der Waals surface area contributed by atoms with Crippen LogP contribution in [0.1, 0.15) is 0 Å². The molecule has 1 unspecified atom stereocenters. The molecule has 0 radical (unpaired) electrons. The van der Waals surface area contributed by atoms with Crippen molar-refractivity contribution in [2.45, 2.75) is 5.50 Å². The first-order valence-corrected chi connectivity index (χ1v) is 6.17. The fourth-order valence-electron chi connectivity index (χ4n) is 1.81. The lowest BCUT2D eigenvalue weighted by molar-refractivity contribution is 0.113. The Hall–Kier alpha value is -1.04. The van der Waals surface area contributed by atoms with Crippen molar-refractivity contribution in [2.24, 2.45) is 5.73 Å². The van der Waals surface area contributed by atoms with Crippen LogP contribution in [0.3, 0.4) is 0 Å². The first kappa shape index (κ1) is 12.4. The summed E-state index contributed by atoms with van der Waals surface area (Å²) in [6, 6.07) is 7.79. The van der Waals surface area contributed by atoms with Gasteiger partial charge in [-0.15, -0.1) is 0 Å². The van der Waals surface area contributed by atoms with Crippen LogP contribution >= 0.6 is 23.8 Å². The first-order valence-electron chi connectivity index (χ1n) is 5.32. The Morgan fingerprint density at radius 1 is 1.53 bits per heavy atom. The van der Waals surface area contributed by atoms with E-state index in [1.54, 1.807) is 0 Å². The Morgan fingerprint density at radius 2 is 2.29 bits per heavy atom. The minimum absolute atomic E-state index is 0.168. The summed E-state index contributed by atoms with van der Waals surface area (Å²) >= 11 is 11.1. The molecule has 0 aliphatic carbocycles. The molecule has 0 aromatic heterocycles. The van der Waals surface area contributed by atoms with Gasteiger partial charge >= 0.3 is 0 Å². The van der Waals surface area contributed by atoms with Crippen LogP contribution in [0, 0.1) is 0 Å². The molecule has 1 heterocycles. The average molecular weight is 272 g/mol. The van der Waals surface area contributed by atoms with Gasteiger partial charge in [0.05, 0.1) is 24.6 Å². The molecule has 0 bridgehead atoms. The number of nitrogens with zero attached hydrogens (tertiary/aromatic N) is 1. The molecule has 1 aromatic carbocycles. The Balaban J connectivity index is 2.26. The number of nitrogens with one attached hydrogen (secondary N) is 1. The second-order valence-corrected chi connectivity index (χ2v) is 4.65. The van der Waals surface area contributed by atoms with Crippen molar-refractivity contribution in [2.75, 3.05) is 30.0 Å². The summed E-state index contributed by atoms with van der Waals surface area (Å²) in [5.41, 5.74) is 7.19. The largest absolute Gasteiger partial charge is 0.376 e. The number of nitrogens with two attached hydrogens (primary N) is 1. The third kappa shape index (κ3) is 3.00. The zero-order chi connectivity index (χ0) is 12.3. The van der Waals surface area contributed by atoms with E-state index in [9.17, 15) is 0 Å². The average Bonchev–Trinajstić information content (AvgIpc) is 2.30. The molecule has 4 nitrogen and oxygen atoms in total. The van der Waals surface area contributed by atoms with Crippen molar-refractivity contribution in [3.05, 3.63) is 24.3 Å². The topological polar surface area (TPSA) is 50.5 Å². The Labute approximate surface area is 111 Å². The number of para-hydroxylation sites is 2. The van der Waals surface area contributed by atoms with E-state index < -0.39 is 0 Å². The predicted molar refractivity (Wildman–Crippen MR) is 74.7 cm³/mol. The van der Waals surface area contributed by atoms with E-state index in [1.165, 1.54) is 0 Å². The number of benzene rings is 1. The molecule has 0 amide bonds. The number of thiocarbonyl (C=S) groups is 1. The van der Waals surface area contributed by atoms with Crippen LogP contribution in [-0.4, -0.2) is 30.4 Å². The molecular weight excluding hydrogens is 258 g/mol. The van der Waals surface area contributed by atoms with Gasteiger partial charge in [-0.1, -0.05) is 23.7 Å². The van der Waals surface area contributed by atoms with Crippen LogP contribution in [0.15, 0.2) is 24.3 Å². The number of alkyl halides is 1. The van der Waals surface area contributed by atoms with Crippen LogP contribution in [-0.2, 0) is 4.74 Å². The van der Waals surface area contributed by atoms with Crippen LogP contribution in [0.5, 0.6) is 0 Å². The third-order valence-electron chi connectivity index (χ3n) is 2.54. The third-order valence-corrected chi connectivity index (χ3v) is 3.01. The lowest BCUT2D eigenvalue weighted by atomic mass is 10.2. The number of hydrogen-bond acceptors (Lipinski definition) is 3. The maximum Gasteiger partial charge on any atom is 0.168 e. The van der Waals surface area contributed by atoms with Gasteiger partial charge in [-0.3, -0.25) is 0 Å². The zero-order valence-corrected chi connectivity index (χ0v) is 10.8. The van der Waals surface area contributed by atoms with Gasteiger partial charge in [0.1, 0.15) is 5.50 Å². The van der Waals surface area contributed by atoms with Crippen molar-refractivity contribution in [3.63, 3.8) is 0 Å². The highest BCUT2D eigenvalue weighted by atomic mass is 35.5. The molecule has 1 saturated heterocycles. The predicted octanol–water partition coefficient (Wildman–Crippen LogP) is 1.74. The molecule has 1 aromatic rings. The molecule has 0 spiro atoms. The van der Waals surface area contributed by atoms with E-state index in [0.717, 1.165) is 17.9 Å². The highest BCUT2D eigenvalue weighted by molar-refractivity contribution is 7.80. The highest BCUT2D eigenvalue weighted by Gasteiger charge is 2.22. The lowest BCUT2D eigenvalue weighted by Gasteiger charge is -2.34. The molecule has 92 valence electrons. The van der Waals surface area contributed by atoms with Crippen molar-refractivity contribution in [1.29, 1.82) is 0 Å². The van der Waals surface area contributed by atoms with E-state index in [2.05, 4.69) is 10.2 Å². The van der Waals surface area contributed by atoms with Crippen LogP contribution in [0.2, 0.25) is 0 Å². The summed E-state index contributed by atoms with van der Waals surface area (Å²) < 4.78 is 5.31. The molecule has 1 fully saturated rings. The molecule has 1 atom stereocenters. The van der Waals surface area contributed by atoms with Crippen molar-refractivity contribution in [3.8, 4) is 0 Å². The zero-order valence-electron chi connectivity index (χ0n) is 9.23. The second kappa shape index (κ2) is 5.53. The number of hydrogen-bond donors (Lipinski definition) is 2. The summed E-state index contributed by atoms with van der Waals surface area (Å²) in [5.74, 6) is 0. The normalized spacial score (nSPS) is 20.1. The van der Waals surface area contributed by atoms with E-state index in [0.29, 0.717) is 13.2 Å². The number of rotatable bonds is 2. The summed E-state index contributed by atoms with van der Waals surface area (Å²) in [5, 5.41) is 3.21. The van der Waals surface area contributed by atoms with Crippen LogP contribution in [0.4, 0.5) is 11.4 Å². The number of halogens is 1. The number of anilines is 2. The van der Waals surface area contributed by atoms with E-state index >= 15 is 0 Å². The molecule has 6 heteroatoms. The van der Waals surface area contributed by atoms with Crippen molar-refractivity contribution < 1.29 is 4.74 Å². The van der Waals surface area contributed by atoms with Gasteiger partial charge in [0.25, 0.3) is 0 Å². The van der Waals surface area contributed by atoms with Gasteiger partial charge in [0.2, 0.25) is 0 Å². The Kier molecular flexibility index (Phi) is 4.04. The molecule has 1 aliphatic rings. The SMILES string of the molecule is NC(=S)Nc1ccccc1N1CCOCC1Cl. The molecule has 17 heavy (non-hydrogen) atoms. The number of morpholine rings is 1. The van der Waals surface area contributed by atoms with Gasteiger partial charge in [-0.2, -0.15) is 0 Å². The van der Waals surface area contributed by atoms with Crippen molar-refractivity contribution >= 4 is 40.3 Å². The molecule has 1 aliphatic heterocycles. The standard InChI is InChI=1S/C11H14ClN3OS/c12-10-7-16-6-5-15(10)9-4-2-1-3-8(9)14-11(13)17/h1-4,10H,5-7H2,(H3,13,14,17). The molecule has 2 rings (SSSR count). The monoisotopic (exact) mass is 271 g/mol. The lowest BCUT2D eigenvalue weighted by Crippen LogP contribution is -2.42. The second-order valence-electron chi connectivity index (χ2n) is 3.71. The molecule has 3 N–H and O–H groups in total. The van der Waals surface area contributed by atoms with Gasteiger partial charge < -0.3 is 20.7 Å². The molecule has 0 saturated carbocycles. The van der Waals surface area contributed by atoms with Crippen molar-refractivity contribution in [1.82, 2.24) is 0 Å². The van der Waals surface area contributed by atoms with Gasteiger partial charge in [0, 0.05) is 6.54 Å².